The number of aromatic nitrogens is 1. The van der Waals surface area contributed by atoms with Crippen molar-refractivity contribution in [2.75, 3.05) is 20.1 Å². The van der Waals surface area contributed by atoms with Crippen LogP contribution in [0.1, 0.15) is 56.1 Å². The van der Waals surface area contributed by atoms with Crippen LogP contribution in [-0.2, 0) is 18.5 Å². The molecule has 0 atom stereocenters. The van der Waals surface area contributed by atoms with Gasteiger partial charge in [-0.25, -0.2) is 4.98 Å². The Morgan fingerprint density at radius 2 is 1.95 bits per heavy atom. The molecule has 0 aliphatic carbocycles. The summed E-state index contributed by atoms with van der Waals surface area (Å²) < 4.78 is 0. The van der Waals surface area contributed by atoms with Crippen LogP contribution >= 0.6 is 11.3 Å². The Kier molecular flexibility index (Phi) is 5.21. The van der Waals surface area contributed by atoms with Gasteiger partial charge in [-0.15, -0.1) is 11.3 Å². The van der Waals surface area contributed by atoms with Crippen LogP contribution in [0.2, 0.25) is 0 Å². The summed E-state index contributed by atoms with van der Waals surface area (Å²) in [5.74, 6) is 0.896. The molecule has 2 rings (SSSR count). The van der Waals surface area contributed by atoms with Gasteiger partial charge in [0.15, 0.2) is 0 Å². The highest BCUT2D eigenvalue weighted by Crippen LogP contribution is 2.30. The highest BCUT2D eigenvalue weighted by molar-refractivity contribution is 7.11. The Labute approximate surface area is 127 Å². The first-order chi connectivity index (χ1) is 9.40. The summed E-state index contributed by atoms with van der Waals surface area (Å²) in [6.07, 6.45) is 2.67. The fourth-order valence-electron chi connectivity index (χ4n) is 2.75. The van der Waals surface area contributed by atoms with E-state index in [0.717, 1.165) is 19.0 Å². The number of hydrogen-bond donors (Lipinski definition) is 1. The Morgan fingerprint density at radius 3 is 2.50 bits per heavy atom. The summed E-state index contributed by atoms with van der Waals surface area (Å²) in [6.45, 7) is 13.6. The summed E-state index contributed by atoms with van der Waals surface area (Å²) >= 11 is 1.89. The van der Waals surface area contributed by atoms with Crippen LogP contribution in [0.5, 0.6) is 0 Å². The average Bonchev–Trinajstić information content (AvgIpc) is 2.75. The topological polar surface area (TPSA) is 28.2 Å². The molecule has 114 valence electrons. The zero-order valence-corrected chi connectivity index (χ0v) is 14.4. The van der Waals surface area contributed by atoms with E-state index in [1.54, 1.807) is 0 Å². The minimum Gasteiger partial charge on any atom is -0.315 e. The van der Waals surface area contributed by atoms with Gasteiger partial charge in [0.05, 0.1) is 12.2 Å². The van der Waals surface area contributed by atoms with E-state index in [2.05, 4.69) is 37.9 Å². The van der Waals surface area contributed by atoms with Crippen molar-refractivity contribution < 1.29 is 0 Å². The second-order valence-electron chi connectivity index (χ2n) is 7.12. The van der Waals surface area contributed by atoms with Crippen molar-refractivity contribution >= 4 is 11.3 Å². The smallest absolute Gasteiger partial charge is 0.107 e. The summed E-state index contributed by atoms with van der Waals surface area (Å²) in [5.41, 5.74) is 1.41. The van der Waals surface area contributed by atoms with E-state index in [4.69, 9.17) is 4.98 Å². The van der Waals surface area contributed by atoms with Crippen molar-refractivity contribution in [3.05, 3.63) is 15.6 Å². The molecule has 1 aromatic heterocycles. The summed E-state index contributed by atoms with van der Waals surface area (Å²) in [4.78, 5) is 8.92. The first-order valence-electron chi connectivity index (χ1n) is 7.76. The lowest BCUT2D eigenvalue weighted by atomic mass is 9.91. The molecule has 0 unspecified atom stereocenters. The van der Waals surface area contributed by atoms with Gasteiger partial charge in [-0.1, -0.05) is 27.7 Å². The van der Waals surface area contributed by atoms with Gasteiger partial charge in [0, 0.05) is 16.8 Å². The quantitative estimate of drug-likeness (QED) is 0.923. The van der Waals surface area contributed by atoms with Crippen molar-refractivity contribution in [1.82, 2.24) is 15.2 Å². The maximum Gasteiger partial charge on any atom is 0.107 e. The van der Waals surface area contributed by atoms with E-state index in [9.17, 15) is 0 Å². The van der Waals surface area contributed by atoms with Gasteiger partial charge in [0.2, 0.25) is 0 Å². The largest absolute Gasteiger partial charge is 0.315 e. The molecule has 1 fully saturated rings. The van der Waals surface area contributed by atoms with Crippen molar-refractivity contribution in [2.45, 2.75) is 59.0 Å². The van der Waals surface area contributed by atoms with Crippen LogP contribution < -0.4 is 5.32 Å². The number of nitrogens with zero attached hydrogens (tertiary/aromatic N) is 2. The van der Waals surface area contributed by atoms with Crippen molar-refractivity contribution in [1.29, 1.82) is 0 Å². The minimum absolute atomic E-state index is 0.136. The van der Waals surface area contributed by atoms with Gasteiger partial charge >= 0.3 is 0 Å². The standard InChI is InChI=1S/C16H29N3S/c1-12-6-8-19(9-7-12)11-14-18-15(16(2,3)4)13(20-14)10-17-5/h12,17H,6-11H2,1-5H3. The predicted molar refractivity (Wildman–Crippen MR) is 87.3 cm³/mol. The molecule has 0 amide bonds. The van der Waals surface area contributed by atoms with E-state index >= 15 is 0 Å². The fourth-order valence-corrected chi connectivity index (χ4v) is 4.08. The minimum atomic E-state index is 0.136. The predicted octanol–water partition coefficient (Wildman–Crippen LogP) is 3.39. The molecule has 4 heteroatoms. The molecule has 2 heterocycles. The summed E-state index contributed by atoms with van der Waals surface area (Å²) in [5, 5.41) is 4.56. The molecule has 0 radical (unpaired) electrons. The normalized spacial score (nSPS) is 18.6. The molecule has 1 aliphatic rings. The molecular formula is C16H29N3S. The van der Waals surface area contributed by atoms with Gasteiger partial charge < -0.3 is 5.32 Å². The first kappa shape index (κ1) is 15.9. The molecule has 0 bridgehead atoms. The van der Waals surface area contributed by atoms with E-state index < -0.39 is 0 Å². The van der Waals surface area contributed by atoms with Crippen LogP contribution in [0.3, 0.4) is 0 Å². The van der Waals surface area contributed by atoms with E-state index in [0.29, 0.717) is 0 Å². The molecule has 0 saturated carbocycles. The van der Waals surface area contributed by atoms with Crippen molar-refractivity contribution in [3.8, 4) is 0 Å². The third-order valence-corrected chi connectivity index (χ3v) is 5.06. The number of likely N-dealkylation sites (tertiary alicyclic amines) is 1. The zero-order chi connectivity index (χ0) is 14.8. The van der Waals surface area contributed by atoms with Crippen LogP contribution in [0.4, 0.5) is 0 Å². The molecule has 0 spiro atoms. The van der Waals surface area contributed by atoms with Gasteiger partial charge in [0.1, 0.15) is 5.01 Å². The molecule has 1 N–H and O–H groups in total. The average molecular weight is 295 g/mol. The molecule has 3 nitrogen and oxygen atoms in total. The lowest BCUT2D eigenvalue weighted by Gasteiger charge is -2.29. The van der Waals surface area contributed by atoms with Gasteiger partial charge in [-0.2, -0.15) is 0 Å². The van der Waals surface area contributed by atoms with Crippen LogP contribution in [0, 0.1) is 5.92 Å². The van der Waals surface area contributed by atoms with E-state index in [-0.39, 0.29) is 5.41 Å². The highest BCUT2D eigenvalue weighted by atomic mass is 32.1. The number of rotatable bonds is 4. The maximum atomic E-state index is 4.95. The Hall–Kier alpha value is -0.450. The summed E-state index contributed by atoms with van der Waals surface area (Å²) in [6, 6.07) is 0. The Morgan fingerprint density at radius 1 is 1.30 bits per heavy atom. The third kappa shape index (κ3) is 4.03. The van der Waals surface area contributed by atoms with Crippen LogP contribution in [-0.4, -0.2) is 30.0 Å². The first-order valence-corrected chi connectivity index (χ1v) is 8.58. The van der Waals surface area contributed by atoms with Gasteiger partial charge in [-0.3, -0.25) is 4.90 Å². The second kappa shape index (κ2) is 6.54. The Bertz CT molecular complexity index is 425. The van der Waals surface area contributed by atoms with Crippen LogP contribution in [0.15, 0.2) is 0 Å². The Balaban J connectivity index is 2.08. The number of thiazole rings is 1. The van der Waals surface area contributed by atoms with Gasteiger partial charge in [0.25, 0.3) is 0 Å². The second-order valence-corrected chi connectivity index (χ2v) is 8.29. The molecule has 1 aromatic rings. The highest BCUT2D eigenvalue weighted by Gasteiger charge is 2.24. The summed E-state index contributed by atoms with van der Waals surface area (Å²) in [7, 11) is 2.01. The SMILES string of the molecule is CNCc1sc(CN2CCC(C)CC2)nc1C(C)(C)C. The maximum absolute atomic E-state index is 4.95. The number of nitrogens with one attached hydrogen (secondary N) is 1. The van der Waals surface area contributed by atoms with Gasteiger partial charge in [-0.05, 0) is 38.9 Å². The van der Waals surface area contributed by atoms with E-state index in [1.165, 1.54) is 41.5 Å². The number of piperidine rings is 1. The lowest BCUT2D eigenvalue weighted by molar-refractivity contribution is 0.185. The fraction of sp³-hybridized carbons (Fsp3) is 0.812. The van der Waals surface area contributed by atoms with E-state index in [1.807, 2.05) is 18.4 Å². The number of hydrogen-bond acceptors (Lipinski definition) is 4. The molecule has 20 heavy (non-hydrogen) atoms. The van der Waals surface area contributed by atoms with Crippen molar-refractivity contribution in [3.63, 3.8) is 0 Å². The molecule has 0 aromatic carbocycles. The zero-order valence-electron chi connectivity index (χ0n) is 13.6. The lowest BCUT2D eigenvalue weighted by Crippen LogP contribution is -2.32. The molecule has 1 saturated heterocycles. The molecule has 1 aliphatic heterocycles. The third-order valence-electron chi connectivity index (χ3n) is 4.02. The van der Waals surface area contributed by atoms with Crippen LogP contribution in [0.25, 0.3) is 0 Å². The molecular weight excluding hydrogens is 266 g/mol. The van der Waals surface area contributed by atoms with Crippen molar-refractivity contribution in [2.24, 2.45) is 5.92 Å². The monoisotopic (exact) mass is 295 g/mol.